The summed E-state index contributed by atoms with van der Waals surface area (Å²) in [6, 6.07) is 11.4. The van der Waals surface area contributed by atoms with Crippen LogP contribution in [-0.4, -0.2) is 39.1 Å². The summed E-state index contributed by atoms with van der Waals surface area (Å²) in [6.45, 7) is 0.727. The van der Waals surface area contributed by atoms with Gasteiger partial charge in [-0.2, -0.15) is 0 Å². The van der Waals surface area contributed by atoms with Crippen LogP contribution >= 0.6 is 0 Å². The van der Waals surface area contributed by atoms with E-state index in [-0.39, 0.29) is 24.1 Å². The second kappa shape index (κ2) is 8.73. The molecule has 0 saturated carbocycles. The van der Waals surface area contributed by atoms with Crippen LogP contribution in [0.4, 0.5) is 10.1 Å². The van der Waals surface area contributed by atoms with Gasteiger partial charge in [0, 0.05) is 25.6 Å². The molecule has 0 radical (unpaired) electrons. The third kappa shape index (κ3) is 4.42. The Morgan fingerprint density at radius 3 is 2.61 bits per heavy atom. The summed E-state index contributed by atoms with van der Waals surface area (Å²) in [4.78, 5) is 26.5. The average Bonchev–Trinajstić information content (AvgIpc) is 3.10. The molecule has 1 aliphatic heterocycles. The number of hydrogen-bond donors (Lipinski definition) is 1. The molecule has 2 aromatic rings. The van der Waals surface area contributed by atoms with Crippen LogP contribution in [0.15, 0.2) is 42.5 Å². The highest BCUT2D eigenvalue weighted by Crippen LogP contribution is 2.35. The van der Waals surface area contributed by atoms with Crippen molar-refractivity contribution in [3.63, 3.8) is 0 Å². The molecule has 1 N–H and O–H groups in total. The van der Waals surface area contributed by atoms with E-state index < -0.39 is 5.92 Å². The predicted octanol–water partition coefficient (Wildman–Crippen LogP) is 2.55. The van der Waals surface area contributed by atoms with Gasteiger partial charge in [-0.15, -0.1) is 0 Å². The fraction of sp³-hybridized carbons (Fsp3) is 0.333. The number of ether oxygens (including phenoxy) is 2. The lowest BCUT2D eigenvalue weighted by Gasteiger charge is -2.20. The number of benzene rings is 2. The van der Waals surface area contributed by atoms with Crippen LogP contribution < -0.4 is 19.7 Å². The first-order valence-corrected chi connectivity index (χ1v) is 9.06. The molecule has 2 amide bonds. The number of hydrogen-bond acceptors (Lipinski definition) is 4. The minimum Gasteiger partial charge on any atom is -0.497 e. The number of halogens is 1. The largest absolute Gasteiger partial charge is 0.497 e. The van der Waals surface area contributed by atoms with Crippen molar-refractivity contribution in [1.82, 2.24) is 5.32 Å². The van der Waals surface area contributed by atoms with Crippen molar-refractivity contribution < 1.29 is 23.5 Å². The van der Waals surface area contributed by atoms with Crippen LogP contribution in [0.2, 0.25) is 0 Å². The molecular formula is C21H23FN2O4. The standard InChI is InChI=1S/C21H23FN2O4/c1-27-17-7-8-18(19(12-17)28-2)24-13-15(11-20(24)25)21(26)23-10-9-14-3-5-16(22)6-4-14/h3-8,12,15H,9-11,13H2,1-2H3,(H,23,26)/t15-/m0/s1. The van der Waals surface area contributed by atoms with Gasteiger partial charge in [0.15, 0.2) is 0 Å². The first-order chi connectivity index (χ1) is 13.5. The van der Waals surface area contributed by atoms with E-state index in [0.717, 1.165) is 5.56 Å². The predicted molar refractivity (Wildman–Crippen MR) is 103 cm³/mol. The fourth-order valence-corrected chi connectivity index (χ4v) is 3.25. The fourth-order valence-electron chi connectivity index (χ4n) is 3.25. The lowest BCUT2D eigenvalue weighted by Crippen LogP contribution is -2.34. The van der Waals surface area contributed by atoms with Gasteiger partial charge >= 0.3 is 0 Å². The Balaban J connectivity index is 1.59. The quantitative estimate of drug-likeness (QED) is 0.794. The van der Waals surface area contributed by atoms with Crippen LogP contribution in [0.3, 0.4) is 0 Å². The molecule has 2 aromatic carbocycles. The maximum atomic E-state index is 12.9. The number of methoxy groups -OCH3 is 2. The van der Waals surface area contributed by atoms with Crippen molar-refractivity contribution in [2.75, 3.05) is 32.2 Å². The molecule has 0 unspecified atom stereocenters. The SMILES string of the molecule is COc1ccc(N2C[C@@H](C(=O)NCCc3ccc(F)cc3)CC2=O)c(OC)c1. The lowest BCUT2D eigenvalue weighted by molar-refractivity contribution is -0.126. The van der Waals surface area contributed by atoms with Gasteiger partial charge in [-0.25, -0.2) is 4.39 Å². The van der Waals surface area contributed by atoms with Gasteiger partial charge in [-0.05, 0) is 36.2 Å². The Kier molecular flexibility index (Phi) is 6.13. The molecule has 1 fully saturated rings. The number of carbonyl (C=O) groups is 2. The molecular weight excluding hydrogens is 363 g/mol. The smallest absolute Gasteiger partial charge is 0.227 e. The zero-order chi connectivity index (χ0) is 20.1. The molecule has 1 saturated heterocycles. The van der Waals surface area contributed by atoms with Gasteiger partial charge in [-0.1, -0.05) is 12.1 Å². The zero-order valence-corrected chi connectivity index (χ0v) is 15.9. The number of carbonyl (C=O) groups excluding carboxylic acids is 2. The summed E-state index contributed by atoms with van der Waals surface area (Å²) in [6.07, 6.45) is 0.750. The molecule has 0 spiro atoms. The van der Waals surface area contributed by atoms with E-state index in [1.807, 2.05) is 0 Å². The van der Waals surface area contributed by atoms with Crippen LogP contribution in [0, 0.1) is 11.7 Å². The third-order valence-corrected chi connectivity index (χ3v) is 4.80. The van der Waals surface area contributed by atoms with E-state index in [1.165, 1.54) is 19.2 Å². The van der Waals surface area contributed by atoms with Gasteiger partial charge in [-0.3, -0.25) is 9.59 Å². The van der Waals surface area contributed by atoms with Gasteiger partial charge in [0.1, 0.15) is 17.3 Å². The summed E-state index contributed by atoms with van der Waals surface area (Å²) in [7, 11) is 3.08. The van der Waals surface area contributed by atoms with Crippen molar-refractivity contribution >= 4 is 17.5 Å². The van der Waals surface area contributed by atoms with Gasteiger partial charge in [0.05, 0.1) is 25.8 Å². The number of anilines is 1. The monoisotopic (exact) mass is 386 g/mol. The normalized spacial score (nSPS) is 16.2. The molecule has 3 rings (SSSR count). The summed E-state index contributed by atoms with van der Waals surface area (Å²) in [5, 5.41) is 2.86. The first-order valence-electron chi connectivity index (χ1n) is 9.06. The van der Waals surface area contributed by atoms with E-state index in [4.69, 9.17) is 9.47 Å². The molecule has 28 heavy (non-hydrogen) atoms. The molecule has 0 bridgehead atoms. The van der Waals surface area contributed by atoms with Gasteiger partial charge in [0.2, 0.25) is 11.8 Å². The summed E-state index contributed by atoms with van der Waals surface area (Å²) in [5.74, 6) is 0.152. The van der Waals surface area contributed by atoms with Crippen LogP contribution in [0.5, 0.6) is 11.5 Å². The molecule has 7 heteroatoms. The Hall–Kier alpha value is -3.09. The molecule has 0 aliphatic carbocycles. The number of nitrogens with one attached hydrogen (secondary N) is 1. The molecule has 6 nitrogen and oxygen atoms in total. The average molecular weight is 386 g/mol. The molecule has 1 aliphatic rings. The highest BCUT2D eigenvalue weighted by atomic mass is 19.1. The van der Waals surface area contributed by atoms with E-state index in [0.29, 0.717) is 36.7 Å². The van der Waals surface area contributed by atoms with Crippen molar-refractivity contribution in [2.24, 2.45) is 5.92 Å². The van der Waals surface area contributed by atoms with Crippen molar-refractivity contribution in [2.45, 2.75) is 12.8 Å². The second-order valence-electron chi connectivity index (χ2n) is 6.61. The minimum atomic E-state index is -0.424. The lowest BCUT2D eigenvalue weighted by atomic mass is 10.1. The van der Waals surface area contributed by atoms with E-state index in [1.54, 1.807) is 42.3 Å². The molecule has 1 heterocycles. The van der Waals surface area contributed by atoms with Crippen molar-refractivity contribution in [3.05, 3.63) is 53.8 Å². The summed E-state index contributed by atoms with van der Waals surface area (Å²) >= 11 is 0. The van der Waals surface area contributed by atoms with E-state index in [2.05, 4.69) is 5.32 Å². The van der Waals surface area contributed by atoms with E-state index in [9.17, 15) is 14.0 Å². The summed E-state index contributed by atoms with van der Waals surface area (Å²) in [5.41, 5.74) is 1.56. The Bertz CT molecular complexity index is 854. The third-order valence-electron chi connectivity index (χ3n) is 4.80. The number of nitrogens with zero attached hydrogens (tertiary/aromatic N) is 1. The highest BCUT2D eigenvalue weighted by Gasteiger charge is 2.36. The maximum absolute atomic E-state index is 12.9. The molecule has 148 valence electrons. The first kappa shape index (κ1) is 19.7. The molecule has 0 aromatic heterocycles. The second-order valence-corrected chi connectivity index (χ2v) is 6.61. The van der Waals surface area contributed by atoms with Crippen molar-refractivity contribution in [3.8, 4) is 11.5 Å². The zero-order valence-electron chi connectivity index (χ0n) is 15.9. The maximum Gasteiger partial charge on any atom is 0.227 e. The minimum absolute atomic E-state index is 0.123. The van der Waals surface area contributed by atoms with Gasteiger partial charge < -0.3 is 19.7 Å². The van der Waals surface area contributed by atoms with Crippen LogP contribution in [0.1, 0.15) is 12.0 Å². The highest BCUT2D eigenvalue weighted by molar-refractivity contribution is 6.01. The Morgan fingerprint density at radius 2 is 1.93 bits per heavy atom. The van der Waals surface area contributed by atoms with E-state index >= 15 is 0 Å². The number of amides is 2. The topological polar surface area (TPSA) is 67.9 Å². The summed E-state index contributed by atoms with van der Waals surface area (Å²) < 4.78 is 23.5. The van der Waals surface area contributed by atoms with Crippen molar-refractivity contribution in [1.29, 1.82) is 0 Å². The van der Waals surface area contributed by atoms with Crippen LogP contribution in [-0.2, 0) is 16.0 Å². The molecule has 1 atom stereocenters. The Labute approximate surface area is 163 Å². The van der Waals surface area contributed by atoms with Gasteiger partial charge in [0.25, 0.3) is 0 Å². The van der Waals surface area contributed by atoms with Crippen LogP contribution in [0.25, 0.3) is 0 Å². The Morgan fingerprint density at radius 1 is 1.18 bits per heavy atom. The number of rotatable bonds is 7.